The third-order valence-corrected chi connectivity index (χ3v) is 9.20. The van der Waals surface area contributed by atoms with Crippen molar-refractivity contribution in [2.45, 2.75) is 31.6 Å². The molecule has 0 saturated carbocycles. The summed E-state index contributed by atoms with van der Waals surface area (Å²) in [5.41, 5.74) is 2.44. The van der Waals surface area contributed by atoms with Gasteiger partial charge in [-0.05, 0) is 43.0 Å². The van der Waals surface area contributed by atoms with Crippen LogP contribution in [-0.2, 0) is 22.3 Å². The molecule has 2 fully saturated rings. The summed E-state index contributed by atoms with van der Waals surface area (Å²) in [5.74, 6) is 0.116. The van der Waals surface area contributed by atoms with Crippen molar-refractivity contribution in [1.29, 1.82) is 0 Å². The average molecular weight is 664 g/mol. The number of carbonyl (C=O) groups excluding carboxylic acids is 1. The van der Waals surface area contributed by atoms with Crippen molar-refractivity contribution in [3.05, 3.63) is 66.4 Å². The number of fused-ring (bicyclic) bond motifs is 2. The van der Waals surface area contributed by atoms with Crippen molar-refractivity contribution in [3.8, 4) is 22.9 Å². The van der Waals surface area contributed by atoms with E-state index in [0.717, 1.165) is 35.0 Å². The minimum absolute atomic E-state index is 0.127. The zero-order chi connectivity index (χ0) is 33.4. The number of alkyl halides is 3. The SMILES string of the molecule is COc1ccc2nc(C(F)(F)F)n(CC(=O)N3CCN(CC4CCOC4)CCC3c3ncc(-c4cc5ccccc5nc4OC)[nH]3)c2c1. The fraction of sp³-hybridized carbons (Fsp3) is 0.412. The maximum Gasteiger partial charge on any atom is 0.449 e. The number of imidazole rings is 2. The van der Waals surface area contributed by atoms with Crippen LogP contribution in [-0.4, -0.2) is 93.8 Å². The van der Waals surface area contributed by atoms with Gasteiger partial charge in [-0.1, -0.05) is 18.2 Å². The first-order chi connectivity index (χ1) is 23.2. The molecule has 14 heteroatoms. The molecule has 7 rings (SSSR count). The molecule has 1 N–H and O–H groups in total. The number of benzene rings is 2. The highest BCUT2D eigenvalue weighted by atomic mass is 19.4. The molecule has 1 amide bonds. The van der Waals surface area contributed by atoms with Gasteiger partial charge in [0.05, 0.1) is 60.9 Å². The number of hydrogen-bond acceptors (Lipinski definition) is 8. The molecule has 11 nitrogen and oxygen atoms in total. The first-order valence-corrected chi connectivity index (χ1v) is 15.9. The molecular weight excluding hydrogens is 627 g/mol. The Labute approximate surface area is 274 Å². The lowest BCUT2D eigenvalue weighted by Gasteiger charge is -2.29. The lowest BCUT2D eigenvalue weighted by Crippen LogP contribution is -2.40. The number of pyridine rings is 1. The highest BCUT2D eigenvalue weighted by Crippen LogP contribution is 2.35. The van der Waals surface area contributed by atoms with Crippen LogP contribution in [0.4, 0.5) is 13.2 Å². The number of H-pyrrole nitrogens is 1. The average Bonchev–Trinajstić information content (AvgIpc) is 3.83. The van der Waals surface area contributed by atoms with E-state index >= 15 is 0 Å². The molecule has 48 heavy (non-hydrogen) atoms. The van der Waals surface area contributed by atoms with Crippen molar-refractivity contribution >= 4 is 27.8 Å². The summed E-state index contributed by atoms with van der Waals surface area (Å²) in [4.78, 5) is 34.8. The number of amides is 1. The van der Waals surface area contributed by atoms with Crippen molar-refractivity contribution in [2.75, 3.05) is 53.6 Å². The number of aromatic nitrogens is 5. The van der Waals surface area contributed by atoms with E-state index in [4.69, 9.17) is 19.2 Å². The van der Waals surface area contributed by atoms with E-state index in [0.29, 0.717) is 67.3 Å². The molecule has 2 unspecified atom stereocenters. The Balaban J connectivity index is 1.23. The maximum atomic E-state index is 14.2. The Bertz CT molecular complexity index is 1940. The molecule has 2 atom stereocenters. The Morgan fingerprint density at radius 1 is 1.02 bits per heavy atom. The van der Waals surface area contributed by atoms with E-state index in [9.17, 15) is 18.0 Å². The molecular formula is C34H36F3N7O4. The van der Waals surface area contributed by atoms with Crippen molar-refractivity contribution in [2.24, 2.45) is 5.92 Å². The van der Waals surface area contributed by atoms with Crippen LogP contribution in [0.5, 0.6) is 11.6 Å². The van der Waals surface area contributed by atoms with E-state index in [2.05, 4.69) is 19.9 Å². The summed E-state index contributed by atoms with van der Waals surface area (Å²) >= 11 is 0. The van der Waals surface area contributed by atoms with E-state index in [1.807, 2.05) is 30.3 Å². The van der Waals surface area contributed by atoms with Gasteiger partial charge in [0.1, 0.15) is 18.1 Å². The largest absolute Gasteiger partial charge is 0.497 e. The van der Waals surface area contributed by atoms with Crippen LogP contribution in [0.2, 0.25) is 0 Å². The van der Waals surface area contributed by atoms with Crippen molar-refractivity contribution in [1.82, 2.24) is 34.3 Å². The Hall–Kier alpha value is -4.69. The molecule has 3 aromatic heterocycles. The van der Waals surface area contributed by atoms with Crippen LogP contribution >= 0.6 is 0 Å². The fourth-order valence-electron chi connectivity index (χ4n) is 6.76. The number of halogens is 3. The molecule has 5 aromatic rings. The van der Waals surface area contributed by atoms with Crippen molar-refractivity contribution in [3.63, 3.8) is 0 Å². The second-order valence-corrected chi connectivity index (χ2v) is 12.2. The van der Waals surface area contributed by atoms with Gasteiger partial charge in [0.25, 0.3) is 0 Å². The first-order valence-electron chi connectivity index (χ1n) is 15.9. The van der Waals surface area contributed by atoms with Crippen LogP contribution < -0.4 is 9.47 Å². The van der Waals surface area contributed by atoms with Gasteiger partial charge >= 0.3 is 6.18 Å². The summed E-state index contributed by atoms with van der Waals surface area (Å²) in [6, 6.07) is 13.6. The van der Waals surface area contributed by atoms with Crippen LogP contribution in [0.3, 0.4) is 0 Å². The van der Waals surface area contributed by atoms with Gasteiger partial charge in [-0.15, -0.1) is 0 Å². The van der Waals surface area contributed by atoms with Gasteiger partial charge < -0.3 is 33.6 Å². The van der Waals surface area contributed by atoms with Gasteiger partial charge in [-0.3, -0.25) is 4.79 Å². The molecule has 0 spiro atoms. The highest BCUT2D eigenvalue weighted by Gasteiger charge is 2.39. The minimum Gasteiger partial charge on any atom is -0.497 e. The predicted octanol–water partition coefficient (Wildman–Crippen LogP) is 5.32. The van der Waals surface area contributed by atoms with E-state index in [1.165, 1.54) is 19.2 Å². The van der Waals surface area contributed by atoms with Crippen LogP contribution in [0.25, 0.3) is 33.2 Å². The summed E-state index contributed by atoms with van der Waals surface area (Å²) in [7, 11) is 2.99. The lowest BCUT2D eigenvalue weighted by atomic mass is 10.1. The number of ether oxygens (including phenoxy) is 3. The number of nitrogens with one attached hydrogen (secondary N) is 1. The minimum atomic E-state index is -4.77. The van der Waals surface area contributed by atoms with E-state index in [-0.39, 0.29) is 11.0 Å². The molecule has 2 aliphatic heterocycles. The van der Waals surface area contributed by atoms with Crippen molar-refractivity contribution < 1.29 is 32.2 Å². The van der Waals surface area contributed by atoms with Gasteiger partial charge in [-0.2, -0.15) is 13.2 Å². The Morgan fingerprint density at radius 2 is 1.88 bits per heavy atom. The first kappa shape index (κ1) is 31.9. The molecule has 0 aliphatic carbocycles. The summed E-state index contributed by atoms with van der Waals surface area (Å²) in [6.45, 7) is 3.26. The van der Waals surface area contributed by atoms with E-state index < -0.39 is 30.5 Å². The molecule has 2 aliphatic rings. The van der Waals surface area contributed by atoms with Gasteiger partial charge in [0.2, 0.25) is 17.6 Å². The molecule has 5 heterocycles. The number of nitrogens with zero attached hydrogens (tertiary/aromatic N) is 6. The van der Waals surface area contributed by atoms with Gasteiger partial charge in [-0.25, -0.2) is 15.0 Å². The third-order valence-electron chi connectivity index (χ3n) is 9.20. The molecule has 0 bridgehead atoms. The molecule has 2 saturated heterocycles. The van der Waals surface area contributed by atoms with Gasteiger partial charge in [0.15, 0.2) is 0 Å². The molecule has 0 radical (unpaired) electrons. The molecule has 2 aromatic carbocycles. The zero-order valence-corrected chi connectivity index (χ0v) is 26.7. The summed E-state index contributed by atoms with van der Waals surface area (Å²) < 4.78 is 60.2. The predicted molar refractivity (Wildman–Crippen MR) is 172 cm³/mol. The number of carbonyl (C=O) groups is 1. The zero-order valence-electron chi connectivity index (χ0n) is 26.7. The smallest absolute Gasteiger partial charge is 0.449 e. The summed E-state index contributed by atoms with van der Waals surface area (Å²) in [5, 5.41) is 0.923. The van der Waals surface area contributed by atoms with E-state index in [1.54, 1.807) is 24.3 Å². The van der Waals surface area contributed by atoms with Crippen LogP contribution in [0.1, 0.15) is 30.5 Å². The number of para-hydroxylation sites is 1. The second kappa shape index (κ2) is 13.1. The topological polar surface area (TPSA) is 111 Å². The number of rotatable bonds is 8. The fourth-order valence-corrected chi connectivity index (χ4v) is 6.76. The third kappa shape index (κ3) is 6.29. The lowest BCUT2D eigenvalue weighted by molar-refractivity contribution is -0.148. The second-order valence-electron chi connectivity index (χ2n) is 12.2. The quantitative estimate of drug-likeness (QED) is 0.238. The Morgan fingerprint density at radius 3 is 2.65 bits per heavy atom. The summed E-state index contributed by atoms with van der Waals surface area (Å²) in [6.07, 6.45) is -1.58. The standard InChI is InChI=1S/C34H36F3N7O4/c1-46-23-7-8-26-29(16-23)44(33(41-26)34(35,36)37)19-30(45)43-13-12-42(18-21-10-14-48-20-21)11-9-28(43)31-38-17-27(39-31)24-15-22-5-3-4-6-25(22)40-32(24)47-2/h3-8,15-17,21,28H,9-14,18-20H2,1-2H3,(H,38,39). The normalized spacial score (nSPS) is 19.2. The number of methoxy groups -OCH3 is 2. The monoisotopic (exact) mass is 663 g/mol. The maximum absolute atomic E-state index is 14.2. The van der Waals surface area contributed by atoms with Crippen LogP contribution in [0.15, 0.2) is 54.7 Å². The van der Waals surface area contributed by atoms with Crippen LogP contribution in [0, 0.1) is 5.92 Å². The number of hydrogen-bond donors (Lipinski definition) is 1. The van der Waals surface area contributed by atoms with Gasteiger partial charge in [0, 0.05) is 44.2 Å². The Kier molecular flexibility index (Phi) is 8.69. The highest BCUT2D eigenvalue weighted by molar-refractivity contribution is 5.85. The molecule has 252 valence electrons. The number of aromatic amines is 1.